The maximum atomic E-state index is 8.07. The molecule has 82 valence electrons. The van der Waals surface area contributed by atoms with Crippen LogP contribution in [0.4, 0.5) is 0 Å². The van der Waals surface area contributed by atoms with E-state index in [2.05, 4.69) is 27.2 Å². The van der Waals surface area contributed by atoms with Crippen LogP contribution in [0.5, 0.6) is 0 Å². The van der Waals surface area contributed by atoms with Crippen LogP contribution in [0.15, 0.2) is 29.4 Å². The van der Waals surface area contributed by atoms with Gasteiger partial charge in [0.05, 0.1) is 0 Å². The normalized spacial score (nSPS) is 8.81. The Morgan fingerprint density at radius 3 is 2.75 bits per heavy atom. The average Bonchev–Trinajstić information content (AvgIpc) is 2.31. The molecule has 0 aliphatic carbocycles. The van der Waals surface area contributed by atoms with Crippen LogP contribution in [0.3, 0.4) is 0 Å². The van der Waals surface area contributed by atoms with Crippen LogP contribution in [0, 0.1) is 11.8 Å². The molecule has 4 heteroatoms. The summed E-state index contributed by atoms with van der Waals surface area (Å²) in [6.07, 6.45) is 0.600. The molecule has 0 bridgehead atoms. The first-order valence-corrected chi connectivity index (χ1v) is 5.10. The third kappa shape index (κ3) is 4.52. The zero-order valence-electron chi connectivity index (χ0n) is 9.27. The molecule has 0 radical (unpaired) electrons. The van der Waals surface area contributed by atoms with Gasteiger partial charge in [0.15, 0.2) is 0 Å². The van der Waals surface area contributed by atoms with E-state index in [1.165, 1.54) is 5.56 Å². The summed E-state index contributed by atoms with van der Waals surface area (Å²) >= 11 is 0. The van der Waals surface area contributed by atoms with Crippen LogP contribution in [0.2, 0.25) is 0 Å². The van der Waals surface area contributed by atoms with Gasteiger partial charge in [-0.15, -0.1) is 0 Å². The SMILES string of the molecule is CNCc1ccc(C#CCCN=[N+]=[N-])cc1. The molecule has 0 fully saturated rings. The van der Waals surface area contributed by atoms with Gasteiger partial charge in [0, 0.05) is 30.0 Å². The lowest BCUT2D eigenvalue weighted by atomic mass is 10.1. The topological polar surface area (TPSA) is 60.8 Å². The van der Waals surface area contributed by atoms with E-state index in [1.54, 1.807) is 0 Å². The van der Waals surface area contributed by atoms with Gasteiger partial charge < -0.3 is 5.32 Å². The Balaban J connectivity index is 2.50. The lowest BCUT2D eigenvalue weighted by Crippen LogP contribution is -2.04. The molecule has 16 heavy (non-hydrogen) atoms. The van der Waals surface area contributed by atoms with Crippen molar-refractivity contribution in [1.82, 2.24) is 5.32 Å². The minimum Gasteiger partial charge on any atom is -0.316 e. The van der Waals surface area contributed by atoms with Crippen molar-refractivity contribution in [3.05, 3.63) is 45.8 Å². The molecule has 0 saturated carbocycles. The van der Waals surface area contributed by atoms with Gasteiger partial charge in [-0.05, 0) is 30.3 Å². The van der Waals surface area contributed by atoms with Crippen molar-refractivity contribution in [1.29, 1.82) is 0 Å². The van der Waals surface area contributed by atoms with Gasteiger partial charge in [-0.2, -0.15) is 0 Å². The quantitative estimate of drug-likeness (QED) is 0.270. The summed E-state index contributed by atoms with van der Waals surface area (Å²) in [6.45, 7) is 1.30. The van der Waals surface area contributed by atoms with Gasteiger partial charge >= 0.3 is 0 Å². The molecule has 1 aromatic carbocycles. The molecule has 0 aliphatic rings. The van der Waals surface area contributed by atoms with E-state index in [0.717, 1.165) is 12.1 Å². The molecule has 1 rings (SSSR count). The predicted octanol–water partition coefficient (Wildman–Crippen LogP) is 2.46. The van der Waals surface area contributed by atoms with E-state index in [4.69, 9.17) is 5.53 Å². The molecule has 0 amide bonds. The Kier molecular flexibility index (Phi) is 5.57. The van der Waals surface area contributed by atoms with Crippen molar-refractivity contribution in [2.45, 2.75) is 13.0 Å². The lowest BCUT2D eigenvalue weighted by Gasteiger charge is -1.98. The van der Waals surface area contributed by atoms with Crippen LogP contribution in [0.25, 0.3) is 10.4 Å². The summed E-state index contributed by atoms with van der Waals surface area (Å²) in [5.74, 6) is 5.98. The van der Waals surface area contributed by atoms with Gasteiger partial charge in [0.2, 0.25) is 0 Å². The Hall–Kier alpha value is -1.95. The summed E-state index contributed by atoms with van der Waals surface area (Å²) in [6, 6.07) is 8.09. The van der Waals surface area contributed by atoms with Crippen LogP contribution >= 0.6 is 0 Å². The smallest absolute Gasteiger partial charge is 0.0367 e. The first-order valence-electron chi connectivity index (χ1n) is 5.10. The highest BCUT2D eigenvalue weighted by Gasteiger charge is 1.90. The van der Waals surface area contributed by atoms with E-state index >= 15 is 0 Å². The maximum absolute atomic E-state index is 8.07. The van der Waals surface area contributed by atoms with Gasteiger partial charge in [0.25, 0.3) is 0 Å². The Morgan fingerprint density at radius 2 is 2.12 bits per heavy atom. The standard InChI is InChI=1S/C12H14N4/c1-14-10-12-7-5-11(6-8-12)4-2-3-9-15-16-13/h5-8,14H,3,9-10H2,1H3. The average molecular weight is 214 g/mol. The van der Waals surface area contributed by atoms with Crippen molar-refractivity contribution < 1.29 is 0 Å². The first-order chi connectivity index (χ1) is 7.86. The number of hydrogen-bond donors (Lipinski definition) is 1. The maximum Gasteiger partial charge on any atom is 0.0367 e. The van der Waals surface area contributed by atoms with Crippen molar-refractivity contribution >= 4 is 0 Å². The molecule has 0 aromatic heterocycles. The Morgan fingerprint density at radius 1 is 1.38 bits per heavy atom. The molecular weight excluding hydrogens is 200 g/mol. The molecule has 0 unspecified atom stereocenters. The summed E-state index contributed by atoms with van der Waals surface area (Å²) in [5, 5.41) is 6.50. The van der Waals surface area contributed by atoms with Gasteiger partial charge in [-0.3, -0.25) is 0 Å². The second kappa shape index (κ2) is 7.36. The first kappa shape index (κ1) is 12.1. The van der Waals surface area contributed by atoms with Crippen molar-refractivity contribution in [3.63, 3.8) is 0 Å². The molecule has 0 heterocycles. The number of benzene rings is 1. The molecule has 1 aromatic rings. The summed E-state index contributed by atoms with van der Waals surface area (Å²) in [4.78, 5) is 2.66. The summed E-state index contributed by atoms with van der Waals surface area (Å²) in [5.41, 5.74) is 10.3. The van der Waals surface area contributed by atoms with Gasteiger partial charge in [-0.1, -0.05) is 29.1 Å². The number of rotatable bonds is 4. The highest BCUT2D eigenvalue weighted by atomic mass is 15.1. The number of azide groups is 1. The minimum atomic E-state index is 0.432. The third-order valence-corrected chi connectivity index (χ3v) is 1.97. The summed E-state index contributed by atoms with van der Waals surface area (Å²) in [7, 11) is 1.92. The zero-order valence-corrected chi connectivity index (χ0v) is 9.27. The van der Waals surface area contributed by atoms with Gasteiger partial charge in [-0.25, -0.2) is 0 Å². The Bertz CT molecular complexity index is 419. The Labute approximate surface area is 95.3 Å². The van der Waals surface area contributed by atoms with Crippen molar-refractivity contribution in [2.75, 3.05) is 13.6 Å². The van der Waals surface area contributed by atoms with Gasteiger partial charge in [0.1, 0.15) is 0 Å². The number of hydrogen-bond acceptors (Lipinski definition) is 2. The van der Waals surface area contributed by atoms with Crippen LogP contribution < -0.4 is 5.32 Å². The van der Waals surface area contributed by atoms with Crippen molar-refractivity contribution in [2.24, 2.45) is 5.11 Å². The third-order valence-electron chi connectivity index (χ3n) is 1.97. The van der Waals surface area contributed by atoms with E-state index in [9.17, 15) is 0 Å². The molecule has 4 nitrogen and oxygen atoms in total. The predicted molar refractivity (Wildman–Crippen MR) is 64.7 cm³/mol. The van der Waals surface area contributed by atoms with Crippen LogP contribution in [-0.4, -0.2) is 13.6 Å². The van der Waals surface area contributed by atoms with Crippen LogP contribution in [-0.2, 0) is 6.54 Å². The fourth-order valence-electron chi connectivity index (χ4n) is 1.23. The molecule has 0 spiro atoms. The van der Waals surface area contributed by atoms with Crippen LogP contribution in [0.1, 0.15) is 17.5 Å². The van der Waals surface area contributed by atoms with E-state index < -0.39 is 0 Å². The molecule has 0 atom stereocenters. The monoisotopic (exact) mass is 214 g/mol. The number of nitrogens with zero attached hydrogens (tertiary/aromatic N) is 3. The highest BCUT2D eigenvalue weighted by Crippen LogP contribution is 2.02. The lowest BCUT2D eigenvalue weighted by molar-refractivity contribution is 0.818. The minimum absolute atomic E-state index is 0.432. The highest BCUT2D eigenvalue weighted by molar-refractivity contribution is 5.36. The molecular formula is C12H14N4. The fourth-order valence-corrected chi connectivity index (χ4v) is 1.23. The van der Waals surface area contributed by atoms with E-state index in [0.29, 0.717) is 13.0 Å². The molecule has 0 aliphatic heterocycles. The van der Waals surface area contributed by atoms with E-state index in [1.807, 2.05) is 31.3 Å². The second-order valence-corrected chi connectivity index (χ2v) is 3.23. The largest absolute Gasteiger partial charge is 0.316 e. The molecule has 0 saturated heterocycles. The van der Waals surface area contributed by atoms with E-state index in [-0.39, 0.29) is 0 Å². The fraction of sp³-hybridized carbons (Fsp3) is 0.333. The van der Waals surface area contributed by atoms with Crippen molar-refractivity contribution in [3.8, 4) is 11.8 Å². The zero-order chi connectivity index (χ0) is 11.6. The number of nitrogens with one attached hydrogen (secondary N) is 1. The second-order valence-electron chi connectivity index (χ2n) is 3.23. The summed E-state index contributed by atoms with van der Waals surface area (Å²) < 4.78 is 0. The molecule has 1 N–H and O–H groups in total.